The lowest BCUT2D eigenvalue weighted by Gasteiger charge is -2.05. The van der Waals surface area contributed by atoms with Gasteiger partial charge in [-0.1, -0.05) is 48.5 Å². The summed E-state index contributed by atoms with van der Waals surface area (Å²) in [5, 5.41) is 4.66. The van der Waals surface area contributed by atoms with Crippen LogP contribution in [0.4, 0.5) is 0 Å². The third-order valence-electron chi connectivity index (χ3n) is 3.14. The van der Waals surface area contributed by atoms with E-state index in [1.54, 1.807) is 0 Å². The lowest BCUT2D eigenvalue weighted by molar-refractivity contribution is 0.390. The summed E-state index contributed by atoms with van der Waals surface area (Å²) in [6.45, 7) is 0.722. The molecule has 4 heteroatoms. The summed E-state index contributed by atoms with van der Waals surface area (Å²) < 4.78 is 1.91. The van der Waals surface area contributed by atoms with Crippen LogP contribution < -0.4 is 0 Å². The standard InChI is InChI=1S/C17H18N4/c1-20(2)13-16-18-17(14-9-5-3-6-10-14)21(19-16)15-11-7-4-8-12-15/h3-12H,13H2,1-2H3. The maximum absolute atomic E-state index is 4.71. The first-order valence-electron chi connectivity index (χ1n) is 6.95. The largest absolute Gasteiger partial charge is 0.302 e. The molecule has 1 heterocycles. The quantitative estimate of drug-likeness (QED) is 0.735. The number of aromatic nitrogens is 3. The molecule has 0 N–H and O–H groups in total. The van der Waals surface area contributed by atoms with Gasteiger partial charge >= 0.3 is 0 Å². The van der Waals surface area contributed by atoms with Crippen molar-refractivity contribution in [3.8, 4) is 17.1 Å². The second kappa shape index (κ2) is 5.89. The van der Waals surface area contributed by atoms with Gasteiger partial charge in [-0.3, -0.25) is 0 Å². The fourth-order valence-corrected chi connectivity index (χ4v) is 2.23. The Bertz CT molecular complexity index is 645. The van der Waals surface area contributed by atoms with Gasteiger partial charge in [-0.25, -0.2) is 9.67 Å². The highest BCUT2D eigenvalue weighted by Crippen LogP contribution is 2.21. The molecule has 0 amide bonds. The van der Waals surface area contributed by atoms with Gasteiger partial charge in [0.1, 0.15) is 0 Å². The Kier molecular flexibility index (Phi) is 3.79. The molecule has 1 aromatic heterocycles. The van der Waals surface area contributed by atoms with Gasteiger partial charge in [0.05, 0.1) is 12.2 Å². The van der Waals surface area contributed by atoms with Crippen LogP contribution in [-0.4, -0.2) is 33.8 Å². The van der Waals surface area contributed by atoms with E-state index in [1.165, 1.54) is 0 Å². The van der Waals surface area contributed by atoms with Crippen molar-refractivity contribution in [2.24, 2.45) is 0 Å². The highest BCUT2D eigenvalue weighted by atomic mass is 15.4. The molecule has 0 saturated heterocycles. The van der Waals surface area contributed by atoms with Crippen LogP contribution in [0.3, 0.4) is 0 Å². The van der Waals surface area contributed by atoms with Gasteiger partial charge in [0.15, 0.2) is 11.6 Å². The van der Waals surface area contributed by atoms with Crippen LogP contribution in [0.15, 0.2) is 60.7 Å². The van der Waals surface area contributed by atoms with Crippen molar-refractivity contribution in [2.75, 3.05) is 14.1 Å². The molecule has 106 valence electrons. The molecule has 21 heavy (non-hydrogen) atoms. The molecular weight excluding hydrogens is 260 g/mol. The first-order valence-corrected chi connectivity index (χ1v) is 6.95. The van der Waals surface area contributed by atoms with E-state index in [2.05, 4.69) is 22.1 Å². The minimum atomic E-state index is 0.722. The second-order valence-corrected chi connectivity index (χ2v) is 5.20. The van der Waals surface area contributed by atoms with Crippen LogP contribution >= 0.6 is 0 Å². The maximum atomic E-state index is 4.71. The third kappa shape index (κ3) is 3.01. The highest BCUT2D eigenvalue weighted by molar-refractivity contribution is 5.57. The van der Waals surface area contributed by atoms with Crippen LogP contribution in [0.25, 0.3) is 17.1 Å². The van der Waals surface area contributed by atoms with Gasteiger partial charge in [-0.05, 0) is 26.2 Å². The van der Waals surface area contributed by atoms with Gasteiger partial charge in [-0.15, -0.1) is 5.10 Å². The van der Waals surface area contributed by atoms with Gasteiger partial charge in [0.25, 0.3) is 0 Å². The molecule has 0 bridgehead atoms. The van der Waals surface area contributed by atoms with Crippen molar-refractivity contribution in [1.82, 2.24) is 19.7 Å². The minimum absolute atomic E-state index is 0.722. The van der Waals surface area contributed by atoms with Crippen LogP contribution in [0.1, 0.15) is 5.82 Å². The number of nitrogens with zero attached hydrogens (tertiary/aromatic N) is 4. The summed E-state index contributed by atoms with van der Waals surface area (Å²) >= 11 is 0. The molecule has 0 fully saturated rings. The van der Waals surface area contributed by atoms with E-state index in [4.69, 9.17) is 4.98 Å². The van der Waals surface area contributed by atoms with E-state index in [0.717, 1.165) is 29.4 Å². The lowest BCUT2D eigenvalue weighted by atomic mass is 10.2. The Morgan fingerprint density at radius 2 is 1.52 bits per heavy atom. The zero-order valence-electron chi connectivity index (χ0n) is 12.3. The molecular formula is C17H18N4. The van der Waals surface area contributed by atoms with Crippen LogP contribution in [0.2, 0.25) is 0 Å². The second-order valence-electron chi connectivity index (χ2n) is 5.20. The maximum Gasteiger partial charge on any atom is 0.165 e. The number of hydrogen-bond acceptors (Lipinski definition) is 3. The zero-order chi connectivity index (χ0) is 14.7. The Balaban J connectivity index is 2.11. The fraction of sp³-hybridized carbons (Fsp3) is 0.176. The summed E-state index contributed by atoms with van der Waals surface area (Å²) in [5.74, 6) is 1.70. The molecule has 2 aromatic carbocycles. The van der Waals surface area contributed by atoms with Crippen LogP contribution in [0, 0.1) is 0 Å². The summed E-state index contributed by atoms with van der Waals surface area (Å²) in [7, 11) is 4.04. The number of benzene rings is 2. The summed E-state index contributed by atoms with van der Waals surface area (Å²) in [5.41, 5.74) is 2.09. The third-order valence-corrected chi connectivity index (χ3v) is 3.14. The summed E-state index contributed by atoms with van der Waals surface area (Å²) in [4.78, 5) is 6.78. The molecule has 0 unspecified atom stereocenters. The smallest absolute Gasteiger partial charge is 0.165 e. The molecule has 0 atom stereocenters. The van der Waals surface area contributed by atoms with Gasteiger partial charge in [-0.2, -0.15) is 0 Å². The van der Waals surface area contributed by atoms with Crippen LogP contribution in [0.5, 0.6) is 0 Å². The molecule has 3 aromatic rings. The van der Waals surface area contributed by atoms with Crippen LogP contribution in [-0.2, 0) is 6.54 Å². The Morgan fingerprint density at radius 3 is 2.14 bits per heavy atom. The van der Waals surface area contributed by atoms with E-state index in [1.807, 2.05) is 67.3 Å². The molecule has 0 aliphatic carbocycles. The van der Waals surface area contributed by atoms with Crippen molar-refractivity contribution in [2.45, 2.75) is 6.54 Å². The zero-order valence-corrected chi connectivity index (χ0v) is 12.3. The lowest BCUT2D eigenvalue weighted by Crippen LogP contribution is -2.12. The van der Waals surface area contributed by atoms with E-state index in [9.17, 15) is 0 Å². The highest BCUT2D eigenvalue weighted by Gasteiger charge is 2.13. The van der Waals surface area contributed by atoms with E-state index >= 15 is 0 Å². The molecule has 0 radical (unpaired) electrons. The number of para-hydroxylation sites is 1. The number of hydrogen-bond donors (Lipinski definition) is 0. The van der Waals surface area contributed by atoms with Crippen molar-refractivity contribution < 1.29 is 0 Å². The molecule has 3 rings (SSSR count). The monoisotopic (exact) mass is 278 g/mol. The van der Waals surface area contributed by atoms with Crippen molar-refractivity contribution in [3.05, 3.63) is 66.5 Å². The Labute approximate surface area is 124 Å². The molecule has 4 nitrogen and oxygen atoms in total. The van der Waals surface area contributed by atoms with Gasteiger partial charge in [0, 0.05) is 5.56 Å². The SMILES string of the molecule is CN(C)Cc1nc(-c2ccccc2)n(-c2ccccc2)n1. The van der Waals surface area contributed by atoms with Gasteiger partial charge < -0.3 is 4.90 Å². The molecule has 0 aliphatic rings. The first kappa shape index (κ1) is 13.5. The Morgan fingerprint density at radius 1 is 0.905 bits per heavy atom. The first-order chi connectivity index (χ1) is 10.2. The molecule has 0 spiro atoms. The Hall–Kier alpha value is -2.46. The van der Waals surface area contributed by atoms with Crippen molar-refractivity contribution in [1.29, 1.82) is 0 Å². The van der Waals surface area contributed by atoms with Crippen molar-refractivity contribution >= 4 is 0 Å². The number of rotatable bonds is 4. The minimum Gasteiger partial charge on any atom is -0.302 e. The molecule has 0 saturated carbocycles. The van der Waals surface area contributed by atoms with Crippen molar-refractivity contribution in [3.63, 3.8) is 0 Å². The van der Waals surface area contributed by atoms with E-state index in [-0.39, 0.29) is 0 Å². The average Bonchev–Trinajstić information content (AvgIpc) is 2.92. The normalized spacial score (nSPS) is 11.0. The van der Waals surface area contributed by atoms with Gasteiger partial charge in [0.2, 0.25) is 0 Å². The fourth-order valence-electron chi connectivity index (χ4n) is 2.23. The predicted molar refractivity (Wildman–Crippen MR) is 84.2 cm³/mol. The van der Waals surface area contributed by atoms with E-state index in [0.29, 0.717) is 0 Å². The topological polar surface area (TPSA) is 34.0 Å². The summed E-state index contributed by atoms with van der Waals surface area (Å²) in [6.07, 6.45) is 0. The summed E-state index contributed by atoms with van der Waals surface area (Å²) in [6, 6.07) is 20.3. The predicted octanol–water partition coefficient (Wildman–Crippen LogP) is 3.00. The average molecular weight is 278 g/mol. The van der Waals surface area contributed by atoms with E-state index < -0.39 is 0 Å². The molecule has 0 aliphatic heterocycles.